The molecule has 0 aliphatic rings. The second kappa shape index (κ2) is 17.0. The summed E-state index contributed by atoms with van der Waals surface area (Å²) in [6.07, 6.45) is 5.18. The van der Waals surface area contributed by atoms with Crippen molar-refractivity contribution in [2.75, 3.05) is 13.2 Å². The topological polar surface area (TPSA) is 95.6 Å². The van der Waals surface area contributed by atoms with E-state index in [1.54, 1.807) is 12.1 Å². The highest BCUT2D eigenvalue weighted by molar-refractivity contribution is 5.76. The molecule has 168 valence electrons. The molecule has 0 aromatic heterocycles. The largest absolute Gasteiger partial charge is 0.508 e. The SMILES string of the molecule is CC.CC(C)=C(C)CCCCCNC(C)(C)CO.NC(=O)Cc1ccc(O)cc1. The predicted octanol–water partition coefficient (Wildman–Crippen LogP) is 4.71. The maximum absolute atomic E-state index is 10.4. The van der Waals surface area contributed by atoms with Crippen molar-refractivity contribution < 1.29 is 15.0 Å². The van der Waals surface area contributed by atoms with Gasteiger partial charge < -0.3 is 21.3 Å². The smallest absolute Gasteiger partial charge is 0.221 e. The summed E-state index contributed by atoms with van der Waals surface area (Å²) in [5.74, 6) is -0.172. The van der Waals surface area contributed by atoms with Gasteiger partial charge in [0.2, 0.25) is 5.91 Å². The van der Waals surface area contributed by atoms with Crippen molar-refractivity contribution in [1.82, 2.24) is 5.32 Å². The van der Waals surface area contributed by atoms with E-state index >= 15 is 0 Å². The van der Waals surface area contributed by atoms with Crippen LogP contribution < -0.4 is 11.1 Å². The Bertz CT molecular complexity index is 574. The summed E-state index contributed by atoms with van der Waals surface area (Å²) < 4.78 is 0. The number of nitrogens with one attached hydrogen (secondary N) is 1. The molecule has 29 heavy (non-hydrogen) atoms. The molecule has 0 heterocycles. The van der Waals surface area contributed by atoms with Crippen molar-refractivity contribution in [3.63, 3.8) is 0 Å². The predicted molar refractivity (Wildman–Crippen MR) is 124 cm³/mol. The number of allylic oxidation sites excluding steroid dienone is 2. The van der Waals surface area contributed by atoms with Crippen LogP contribution in [-0.2, 0) is 11.2 Å². The van der Waals surface area contributed by atoms with Crippen LogP contribution in [0.1, 0.15) is 79.7 Å². The Morgan fingerprint density at radius 3 is 2.03 bits per heavy atom. The summed E-state index contributed by atoms with van der Waals surface area (Å²) >= 11 is 0. The highest BCUT2D eigenvalue weighted by Crippen LogP contribution is 2.12. The zero-order valence-electron chi connectivity index (χ0n) is 19.6. The summed E-state index contributed by atoms with van der Waals surface area (Å²) in [5.41, 5.74) is 8.64. The van der Waals surface area contributed by atoms with Crippen molar-refractivity contribution in [2.24, 2.45) is 5.73 Å². The molecule has 0 spiro atoms. The average Bonchev–Trinajstić information content (AvgIpc) is 2.68. The first-order valence-corrected chi connectivity index (χ1v) is 10.6. The van der Waals surface area contributed by atoms with Crippen molar-refractivity contribution in [2.45, 2.75) is 86.1 Å². The minimum atomic E-state index is -0.365. The molecule has 0 unspecified atom stereocenters. The number of aliphatic hydroxyl groups is 1. The van der Waals surface area contributed by atoms with Gasteiger partial charge in [0.05, 0.1) is 13.0 Å². The van der Waals surface area contributed by atoms with Crippen LogP contribution in [0.4, 0.5) is 0 Å². The monoisotopic (exact) mass is 408 g/mol. The van der Waals surface area contributed by atoms with Gasteiger partial charge in [0.25, 0.3) is 0 Å². The number of aliphatic hydroxyl groups excluding tert-OH is 1. The Hall–Kier alpha value is -1.85. The molecule has 1 amide bonds. The Kier molecular flexibility index (Phi) is 17.3. The lowest BCUT2D eigenvalue weighted by Crippen LogP contribution is -2.43. The van der Waals surface area contributed by atoms with E-state index in [0.29, 0.717) is 0 Å². The van der Waals surface area contributed by atoms with E-state index in [2.05, 4.69) is 26.1 Å². The molecule has 1 aromatic rings. The van der Waals surface area contributed by atoms with E-state index in [4.69, 9.17) is 15.9 Å². The molecule has 0 saturated carbocycles. The maximum Gasteiger partial charge on any atom is 0.221 e. The van der Waals surface area contributed by atoms with Crippen LogP contribution in [0.3, 0.4) is 0 Å². The standard InChI is InChI=1S/C14H29NO.C8H9NO2.C2H6/c1-12(2)13(3)9-7-6-8-10-15-14(4,5)11-16;9-8(11)5-6-1-3-7(10)4-2-6;1-2/h15-16H,6-11H2,1-5H3;1-4,10H,5H2,(H2,9,11);1-2H3. The molecule has 0 saturated heterocycles. The van der Waals surface area contributed by atoms with Gasteiger partial charge in [0, 0.05) is 5.54 Å². The minimum Gasteiger partial charge on any atom is -0.508 e. The van der Waals surface area contributed by atoms with Crippen LogP contribution in [0.25, 0.3) is 0 Å². The highest BCUT2D eigenvalue weighted by atomic mass is 16.3. The fraction of sp³-hybridized carbons (Fsp3) is 0.625. The summed E-state index contributed by atoms with van der Waals surface area (Å²) in [4.78, 5) is 10.4. The van der Waals surface area contributed by atoms with Gasteiger partial charge in [-0.05, 0) is 78.1 Å². The lowest BCUT2D eigenvalue weighted by atomic mass is 10.0. The lowest BCUT2D eigenvalue weighted by molar-refractivity contribution is -0.117. The van der Waals surface area contributed by atoms with E-state index in [-0.39, 0.29) is 30.2 Å². The minimum absolute atomic E-state index is 0.129. The molecule has 0 aliphatic heterocycles. The molecule has 0 bridgehead atoms. The lowest BCUT2D eigenvalue weighted by Gasteiger charge is -2.23. The summed E-state index contributed by atoms with van der Waals surface area (Å²) in [6, 6.07) is 6.39. The highest BCUT2D eigenvalue weighted by Gasteiger charge is 2.13. The molecule has 1 rings (SSSR count). The Morgan fingerprint density at radius 1 is 1.03 bits per heavy atom. The number of phenolic OH excluding ortho intramolecular Hbond substituents is 1. The average molecular weight is 409 g/mol. The first kappa shape index (κ1) is 29.4. The third-order valence-corrected chi connectivity index (χ3v) is 4.40. The van der Waals surface area contributed by atoms with Gasteiger partial charge >= 0.3 is 0 Å². The van der Waals surface area contributed by atoms with Crippen molar-refractivity contribution in [3.05, 3.63) is 41.0 Å². The number of nitrogens with two attached hydrogens (primary N) is 1. The molecule has 5 nitrogen and oxygen atoms in total. The van der Waals surface area contributed by atoms with Gasteiger partial charge in [0.15, 0.2) is 0 Å². The number of benzene rings is 1. The molecular weight excluding hydrogens is 364 g/mol. The normalized spacial score (nSPS) is 10.2. The zero-order valence-corrected chi connectivity index (χ0v) is 19.6. The molecule has 0 aliphatic carbocycles. The summed E-state index contributed by atoms with van der Waals surface area (Å²) in [6.45, 7) is 15.8. The number of hydrogen-bond acceptors (Lipinski definition) is 4. The van der Waals surface area contributed by atoms with E-state index in [1.165, 1.54) is 49.0 Å². The number of aromatic hydroxyl groups is 1. The van der Waals surface area contributed by atoms with Crippen LogP contribution in [0.15, 0.2) is 35.4 Å². The second-order valence-corrected chi connectivity index (χ2v) is 7.87. The number of phenols is 1. The molecule has 5 N–H and O–H groups in total. The van der Waals surface area contributed by atoms with Gasteiger partial charge in [-0.15, -0.1) is 0 Å². The molecular formula is C24H44N2O3. The number of rotatable bonds is 10. The van der Waals surface area contributed by atoms with Crippen molar-refractivity contribution in [3.8, 4) is 5.75 Å². The molecule has 1 aromatic carbocycles. The van der Waals surface area contributed by atoms with Crippen molar-refractivity contribution in [1.29, 1.82) is 0 Å². The second-order valence-electron chi connectivity index (χ2n) is 7.87. The van der Waals surface area contributed by atoms with E-state index in [1.807, 2.05) is 27.7 Å². The number of carbonyl (C=O) groups is 1. The Balaban J connectivity index is 0. The first-order chi connectivity index (χ1) is 13.6. The fourth-order valence-electron chi connectivity index (χ4n) is 2.24. The van der Waals surface area contributed by atoms with Gasteiger partial charge in [-0.3, -0.25) is 4.79 Å². The van der Waals surface area contributed by atoms with Crippen LogP contribution in [-0.4, -0.2) is 34.8 Å². The Labute approximate surface area is 178 Å². The number of unbranched alkanes of at least 4 members (excludes halogenated alkanes) is 2. The molecule has 5 heteroatoms. The number of carbonyl (C=O) groups excluding carboxylic acids is 1. The zero-order chi connectivity index (χ0) is 22.9. The van der Waals surface area contributed by atoms with Gasteiger partial charge in [-0.1, -0.05) is 43.5 Å². The number of primary amides is 1. The first-order valence-electron chi connectivity index (χ1n) is 10.6. The van der Waals surface area contributed by atoms with E-state index in [0.717, 1.165) is 12.1 Å². The van der Waals surface area contributed by atoms with Crippen LogP contribution in [0.2, 0.25) is 0 Å². The number of amides is 1. The van der Waals surface area contributed by atoms with E-state index in [9.17, 15) is 4.79 Å². The van der Waals surface area contributed by atoms with Crippen LogP contribution in [0, 0.1) is 0 Å². The summed E-state index contributed by atoms with van der Waals surface area (Å²) in [7, 11) is 0. The fourth-order valence-corrected chi connectivity index (χ4v) is 2.24. The number of hydrogen-bond donors (Lipinski definition) is 4. The molecule has 0 fully saturated rings. The molecule has 0 radical (unpaired) electrons. The van der Waals surface area contributed by atoms with Gasteiger partial charge in [-0.2, -0.15) is 0 Å². The quantitative estimate of drug-likeness (QED) is 0.333. The third-order valence-electron chi connectivity index (χ3n) is 4.40. The molecule has 0 atom stereocenters. The Morgan fingerprint density at radius 2 is 1.59 bits per heavy atom. The van der Waals surface area contributed by atoms with Crippen LogP contribution in [0.5, 0.6) is 5.75 Å². The van der Waals surface area contributed by atoms with Crippen molar-refractivity contribution >= 4 is 5.91 Å². The third kappa shape index (κ3) is 17.9. The van der Waals surface area contributed by atoms with Crippen LogP contribution >= 0.6 is 0 Å². The summed E-state index contributed by atoms with van der Waals surface area (Å²) in [5, 5.41) is 21.3. The van der Waals surface area contributed by atoms with E-state index < -0.39 is 0 Å². The van der Waals surface area contributed by atoms with Gasteiger partial charge in [0.1, 0.15) is 5.75 Å². The van der Waals surface area contributed by atoms with Gasteiger partial charge in [-0.25, -0.2) is 0 Å². The maximum atomic E-state index is 10.4.